The standard InChI is InChI=1S/C16H25N3O/c1-10-6-11(2)13(4)19(9-10)16(20)14-8-18-12(3)7-15(14)17-5/h7-8,10-11,13H,6,9H2,1-5H3,(H,17,18). The number of anilines is 1. The monoisotopic (exact) mass is 275 g/mol. The van der Waals surface area contributed by atoms with Gasteiger partial charge in [0.2, 0.25) is 0 Å². The van der Waals surface area contributed by atoms with Crippen molar-refractivity contribution in [2.75, 3.05) is 18.9 Å². The molecule has 4 nitrogen and oxygen atoms in total. The molecule has 0 radical (unpaired) electrons. The van der Waals surface area contributed by atoms with Crippen LogP contribution in [-0.4, -0.2) is 35.4 Å². The second-order valence-electron chi connectivity index (χ2n) is 6.14. The van der Waals surface area contributed by atoms with Gasteiger partial charge in [-0.05, 0) is 38.2 Å². The quantitative estimate of drug-likeness (QED) is 0.902. The maximum absolute atomic E-state index is 12.8. The van der Waals surface area contributed by atoms with Gasteiger partial charge in [0, 0.05) is 31.5 Å². The molecule has 1 N–H and O–H groups in total. The number of carbonyl (C=O) groups is 1. The third-order valence-corrected chi connectivity index (χ3v) is 4.40. The zero-order chi connectivity index (χ0) is 14.9. The minimum Gasteiger partial charge on any atom is -0.387 e. The van der Waals surface area contributed by atoms with Crippen LogP contribution in [0.4, 0.5) is 5.69 Å². The fourth-order valence-electron chi connectivity index (χ4n) is 3.08. The van der Waals surface area contributed by atoms with Crippen LogP contribution in [0.15, 0.2) is 12.3 Å². The number of pyridine rings is 1. The lowest BCUT2D eigenvalue weighted by atomic mass is 9.85. The van der Waals surface area contributed by atoms with Crippen molar-refractivity contribution in [1.29, 1.82) is 0 Å². The molecule has 3 unspecified atom stereocenters. The summed E-state index contributed by atoms with van der Waals surface area (Å²) in [5.41, 5.74) is 2.45. The predicted molar refractivity (Wildman–Crippen MR) is 82.0 cm³/mol. The zero-order valence-corrected chi connectivity index (χ0v) is 13.1. The van der Waals surface area contributed by atoms with Crippen molar-refractivity contribution in [3.8, 4) is 0 Å². The summed E-state index contributed by atoms with van der Waals surface area (Å²) >= 11 is 0. The van der Waals surface area contributed by atoms with Gasteiger partial charge in [-0.3, -0.25) is 9.78 Å². The molecule has 0 spiro atoms. The van der Waals surface area contributed by atoms with Gasteiger partial charge in [-0.25, -0.2) is 0 Å². The number of rotatable bonds is 2. The maximum Gasteiger partial charge on any atom is 0.257 e. The number of likely N-dealkylation sites (tertiary alicyclic amines) is 1. The maximum atomic E-state index is 12.8. The minimum atomic E-state index is 0.0905. The Kier molecular flexibility index (Phi) is 4.31. The van der Waals surface area contributed by atoms with Crippen LogP contribution in [-0.2, 0) is 0 Å². The Morgan fingerprint density at radius 2 is 2.10 bits per heavy atom. The molecule has 110 valence electrons. The van der Waals surface area contributed by atoms with Crippen molar-refractivity contribution in [3.63, 3.8) is 0 Å². The van der Waals surface area contributed by atoms with Crippen LogP contribution in [0.2, 0.25) is 0 Å². The molecule has 1 aromatic rings. The van der Waals surface area contributed by atoms with Crippen LogP contribution in [0.1, 0.15) is 43.2 Å². The minimum absolute atomic E-state index is 0.0905. The Morgan fingerprint density at radius 3 is 2.75 bits per heavy atom. The van der Waals surface area contributed by atoms with Crippen LogP contribution in [0.3, 0.4) is 0 Å². The Morgan fingerprint density at radius 1 is 1.40 bits per heavy atom. The van der Waals surface area contributed by atoms with Gasteiger partial charge in [-0.2, -0.15) is 0 Å². The fourth-order valence-corrected chi connectivity index (χ4v) is 3.08. The van der Waals surface area contributed by atoms with Crippen LogP contribution >= 0.6 is 0 Å². The number of piperidine rings is 1. The lowest BCUT2D eigenvalue weighted by Crippen LogP contribution is -2.49. The Balaban J connectivity index is 2.30. The number of amides is 1. The van der Waals surface area contributed by atoms with Gasteiger partial charge in [0.1, 0.15) is 0 Å². The molecular formula is C16H25N3O. The Hall–Kier alpha value is -1.58. The third-order valence-electron chi connectivity index (χ3n) is 4.40. The first-order chi connectivity index (χ1) is 9.43. The van der Waals surface area contributed by atoms with E-state index in [1.54, 1.807) is 6.20 Å². The molecule has 0 saturated carbocycles. The van der Waals surface area contributed by atoms with Crippen LogP contribution < -0.4 is 5.32 Å². The molecule has 0 aliphatic carbocycles. The average molecular weight is 275 g/mol. The number of aromatic nitrogens is 1. The molecule has 2 heterocycles. The second kappa shape index (κ2) is 5.81. The average Bonchev–Trinajstić information content (AvgIpc) is 2.41. The topological polar surface area (TPSA) is 45.2 Å². The molecular weight excluding hydrogens is 250 g/mol. The summed E-state index contributed by atoms with van der Waals surface area (Å²) in [5.74, 6) is 1.19. The first kappa shape index (κ1) is 14.8. The second-order valence-corrected chi connectivity index (χ2v) is 6.14. The van der Waals surface area contributed by atoms with Crippen LogP contribution in [0, 0.1) is 18.8 Å². The first-order valence-corrected chi connectivity index (χ1v) is 7.39. The highest BCUT2D eigenvalue weighted by molar-refractivity contribution is 5.99. The summed E-state index contributed by atoms with van der Waals surface area (Å²) in [5, 5.41) is 3.11. The lowest BCUT2D eigenvalue weighted by molar-refractivity contribution is 0.0456. The highest BCUT2D eigenvalue weighted by atomic mass is 16.2. The van der Waals surface area contributed by atoms with Crippen molar-refractivity contribution in [2.45, 2.75) is 40.2 Å². The lowest BCUT2D eigenvalue weighted by Gasteiger charge is -2.41. The SMILES string of the molecule is CNc1cc(C)ncc1C(=O)N1CC(C)CC(C)C1C. The first-order valence-electron chi connectivity index (χ1n) is 7.39. The summed E-state index contributed by atoms with van der Waals surface area (Å²) in [6.45, 7) is 9.36. The number of hydrogen-bond acceptors (Lipinski definition) is 3. The van der Waals surface area contributed by atoms with Gasteiger partial charge >= 0.3 is 0 Å². The highest BCUT2D eigenvalue weighted by Gasteiger charge is 2.33. The number of nitrogens with zero attached hydrogens (tertiary/aromatic N) is 2. The van der Waals surface area contributed by atoms with E-state index in [0.29, 0.717) is 17.4 Å². The predicted octanol–water partition coefficient (Wildman–Crippen LogP) is 2.94. The smallest absolute Gasteiger partial charge is 0.257 e. The fraction of sp³-hybridized carbons (Fsp3) is 0.625. The van der Waals surface area contributed by atoms with Gasteiger partial charge in [0.05, 0.1) is 11.3 Å². The molecule has 1 aliphatic rings. The van der Waals surface area contributed by atoms with Gasteiger partial charge in [0.15, 0.2) is 0 Å². The van der Waals surface area contributed by atoms with Crippen molar-refractivity contribution in [3.05, 3.63) is 23.5 Å². The van der Waals surface area contributed by atoms with E-state index in [-0.39, 0.29) is 11.9 Å². The van der Waals surface area contributed by atoms with Gasteiger partial charge in [0.25, 0.3) is 5.91 Å². The summed E-state index contributed by atoms with van der Waals surface area (Å²) in [6.07, 6.45) is 2.89. The van der Waals surface area contributed by atoms with E-state index in [1.807, 2.05) is 24.9 Å². The molecule has 0 aromatic carbocycles. The molecule has 1 aromatic heterocycles. The van der Waals surface area contributed by atoms with Crippen molar-refractivity contribution in [1.82, 2.24) is 9.88 Å². The molecule has 1 amide bonds. The molecule has 1 aliphatic heterocycles. The normalized spacial score (nSPS) is 26.4. The van der Waals surface area contributed by atoms with E-state index in [2.05, 4.69) is 31.1 Å². The van der Waals surface area contributed by atoms with E-state index in [9.17, 15) is 4.79 Å². The summed E-state index contributed by atoms with van der Waals surface area (Å²) in [4.78, 5) is 19.1. The highest BCUT2D eigenvalue weighted by Crippen LogP contribution is 2.29. The largest absolute Gasteiger partial charge is 0.387 e. The van der Waals surface area contributed by atoms with Gasteiger partial charge < -0.3 is 10.2 Å². The Bertz CT molecular complexity index is 500. The van der Waals surface area contributed by atoms with E-state index < -0.39 is 0 Å². The molecule has 2 rings (SSSR count). The number of aryl methyl sites for hydroxylation is 1. The number of nitrogens with one attached hydrogen (secondary N) is 1. The molecule has 1 saturated heterocycles. The molecule has 0 bridgehead atoms. The Labute approximate surface area is 121 Å². The van der Waals surface area contributed by atoms with Crippen molar-refractivity contribution in [2.24, 2.45) is 11.8 Å². The third kappa shape index (κ3) is 2.79. The molecule has 4 heteroatoms. The van der Waals surface area contributed by atoms with E-state index in [1.165, 1.54) is 6.42 Å². The molecule has 1 fully saturated rings. The zero-order valence-electron chi connectivity index (χ0n) is 13.1. The van der Waals surface area contributed by atoms with E-state index in [4.69, 9.17) is 0 Å². The van der Waals surface area contributed by atoms with Crippen molar-refractivity contribution < 1.29 is 4.79 Å². The summed E-state index contributed by atoms with van der Waals surface area (Å²) in [6, 6.07) is 2.21. The van der Waals surface area contributed by atoms with Crippen LogP contribution in [0.25, 0.3) is 0 Å². The van der Waals surface area contributed by atoms with Gasteiger partial charge in [-0.15, -0.1) is 0 Å². The summed E-state index contributed by atoms with van der Waals surface area (Å²) in [7, 11) is 1.84. The van der Waals surface area contributed by atoms with Gasteiger partial charge in [-0.1, -0.05) is 13.8 Å². The summed E-state index contributed by atoms with van der Waals surface area (Å²) < 4.78 is 0. The molecule has 20 heavy (non-hydrogen) atoms. The number of hydrogen-bond donors (Lipinski definition) is 1. The van der Waals surface area contributed by atoms with E-state index in [0.717, 1.165) is 17.9 Å². The van der Waals surface area contributed by atoms with Crippen LogP contribution in [0.5, 0.6) is 0 Å². The number of carbonyl (C=O) groups excluding carboxylic acids is 1. The molecule has 3 atom stereocenters. The van der Waals surface area contributed by atoms with E-state index >= 15 is 0 Å². The van der Waals surface area contributed by atoms with Crippen molar-refractivity contribution >= 4 is 11.6 Å².